The molecule has 2 saturated carbocycles. The average Bonchev–Trinajstić information content (AvgIpc) is 3.02. The second-order valence-electron chi connectivity index (χ2n) is 7.21. The molecular formula is C16H26N2OS. The smallest absolute Gasteiger partial charge is 0.235 e. The summed E-state index contributed by atoms with van der Waals surface area (Å²) in [4.78, 5) is 15.6. The minimum Gasteiger partial charge on any atom is -0.392 e. The molecule has 1 amide bonds. The van der Waals surface area contributed by atoms with Crippen LogP contribution < -0.4 is 5.73 Å². The van der Waals surface area contributed by atoms with E-state index in [1.165, 1.54) is 32.1 Å². The van der Waals surface area contributed by atoms with Crippen LogP contribution in [0.2, 0.25) is 0 Å². The van der Waals surface area contributed by atoms with E-state index in [0.29, 0.717) is 16.9 Å². The Morgan fingerprint density at radius 3 is 2.40 bits per heavy atom. The average molecular weight is 294 g/mol. The summed E-state index contributed by atoms with van der Waals surface area (Å²) in [7, 11) is 0. The monoisotopic (exact) mass is 294 g/mol. The molecule has 4 heteroatoms. The van der Waals surface area contributed by atoms with Crippen molar-refractivity contribution in [3.05, 3.63) is 0 Å². The lowest BCUT2D eigenvalue weighted by Gasteiger charge is -2.47. The van der Waals surface area contributed by atoms with Gasteiger partial charge in [-0.25, -0.2) is 0 Å². The maximum atomic E-state index is 13.1. The van der Waals surface area contributed by atoms with E-state index in [1.54, 1.807) is 0 Å². The van der Waals surface area contributed by atoms with Crippen LogP contribution >= 0.6 is 12.2 Å². The first-order valence-electron chi connectivity index (χ1n) is 8.15. The van der Waals surface area contributed by atoms with E-state index in [9.17, 15) is 4.79 Å². The number of carbonyl (C=O) groups is 1. The number of nitrogens with zero attached hydrogens (tertiary/aromatic N) is 1. The number of hydrogen-bond donors (Lipinski definition) is 1. The molecule has 1 atom stereocenters. The van der Waals surface area contributed by atoms with Crippen LogP contribution in [0.5, 0.6) is 0 Å². The van der Waals surface area contributed by atoms with Gasteiger partial charge in [0, 0.05) is 12.6 Å². The van der Waals surface area contributed by atoms with Gasteiger partial charge in [-0.3, -0.25) is 4.79 Å². The number of thiocarbonyl (C=S) groups is 1. The van der Waals surface area contributed by atoms with Crippen LogP contribution in [0.1, 0.15) is 58.3 Å². The Morgan fingerprint density at radius 2 is 1.85 bits per heavy atom. The summed E-state index contributed by atoms with van der Waals surface area (Å²) >= 11 is 5.25. The molecule has 1 unspecified atom stereocenters. The molecule has 0 bridgehead atoms. The van der Waals surface area contributed by atoms with Gasteiger partial charge in [-0.15, -0.1) is 0 Å². The summed E-state index contributed by atoms with van der Waals surface area (Å²) < 4.78 is 0. The fraction of sp³-hybridized carbons (Fsp3) is 0.875. The highest BCUT2D eigenvalue weighted by Gasteiger charge is 2.54. The molecule has 3 nitrogen and oxygen atoms in total. The first-order valence-corrected chi connectivity index (χ1v) is 8.56. The van der Waals surface area contributed by atoms with E-state index < -0.39 is 5.41 Å². The van der Waals surface area contributed by atoms with E-state index in [-0.39, 0.29) is 5.91 Å². The van der Waals surface area contributed by atoms with Crippen molar-refractivity contribution < 1.29 is 4.79 Å². The van der Waals surface area contributed by atoms with E-state index in [0.717, 1.165) is 31.7 Å². The van der Waals surface area contributed by atoms with Crippen LogP contribution in [-0.2, 0) is 4.79 Å². The number of rotatable bonds is 3. The number of likely N-dealkylation sites (tertiary alicyclic amines) is 1. The van der Waals surface area contributed by atoms with Crippen LogP contribution in [0.15, 0.2) is 0 Å². The molecule has 0 spiro atoms. The first kappa shape index (κ1) is 14.3. The van der Waals surface area contributed by atoms with Gasteiger partial charge in [-0.1, -0.05) is 32.0 Å². The third-order valence-electron chi connectivity index (χ3n) is 5.78. The van der Waals surface area contributed by atoms with Crippen molar-refractivity contribution in [1.82, 2.24) is 4.90 Å². The third kappa shape index (κ3) is 2.16. The fourth-order valence-electron chi connectivity index (χ4n) is 4.76. The summed E-state index contributed by atoms with van der Waals surface area (Å²) in [6, 6.07) is 0.465. The molecule has 3 fully saturated rings. The predicted molar refractivity (Wildman–Crippen MR) is 84.3 cm³/mol. The molecule has 1 saturated heterocycles. The Hall–Kier alpha value is -0.640. The number of nitrogens with two attached hydrogens (primary N) is 1. The topological polar surface area (TPSA) is 46.3 Å². The summed E-state index contributed by atoms with van der Waals surface area (Å²) in [5.74, 6) is 1.55. The van der Waals surface area contributed by atoms with Crippen molar-refractivity contribution in [2.24, 2.45) is 23.0 Å². The Labute approximate surface area is 127 Å². The summed E-state index contributed by atoms with van der Waals surface area (Å²) in [6.07, 6.45) is 9.30. The van der Waals surface area contributed by atoms with E-state index in [2.05, 4.69) is 11.8 Å². The van der Waals surface area contributed by atoms with Gasteiger partial charge in [-0.05, 0) is 50.4 Å². The van der Waals surface area contributed by atoms with Crippen LogP contribution in [0, 0.1) is 17.3 Å². The van der Waals surface area contributed by atoms with Gasteiger partial charge < -0.3 is 10.6 Å². The number of hydrogen-bond acceptors (Lipinski definition) is 2. The zero-order valence-electron chi connectivity index (χ0n) is 12.4. The van der Waals surface area contributed by atoms with Crippen molar-refractivity contribution in [2.75, 3.05) is 6.54 Å². The van der Waals surface area contributed by atoms with Gasteiger partial charge in [-0.2, -0.15) is 0 Å². The Bertz CT molecular complexity index is 411. The van der Waals surface area contributed by atoms with Gasteiger partial charge in [0.05, 0.1) is 10.4 Å². The van der Waals surface area contributed by atoms with Crippen LogP contribution in [0.25, 0.3) is 0 Å². The molecule has 0 aromatic heterocycles. The molecule has 0 aromatic rings. The fourth-order valence-corrected chi connectivity index (χ4v) is 5.02. The molecule has 3 aliphatic rings. The van der Waals surface area contributed by atoms with Crippen molar-refractivity contribution >= 4 is 23.1 Å². The standard InChI is InChI=1S/C16H26N2OS/c1-11-9-16(10-11,14(17)20)15(19)18-8-4-7-13(18)12-5-2-3-6-12/h11-13H,2-10H2,1H3,(H2,17,20). The molecule has 20 heavy (non-hydrogen) atoms. The van der Waals surface area contributed by atoms with Crippen molar-refractivity contribution in [3.63, 3.8) is 0 Å². The number of amides is 1. The second-order valence-corrected chi connectivity index (χ2v) is 7.65. The third-order valence-corrected chi connectivity index (χ3v) is 6.17. The minimum absolute atomic E-state index is 0.248. The minimum atomic E-state index is -0.504. The first-order chi connectivity index (χ1) is 9.54. The van der Waals surface area contributed by atoms with Crippen LogP contribution in [-0.4, -0.2) is 28.4 Å². The van der Waals surface area contributed by atoms with Crippen LogP contribution in [0.3, 0.4) is 0 Å². The maximum absolute atomic E-state index is 13.1. The Kier molecular flexibility index (Phi) is 3.78. The van der Waals surface area contributed by atoms with Gasteiger partial charge in [0.2, 0.25) is 5.91 Å². The lowest BCUT2D eigenvalue weighted by molar-refractivity contribution is -0.146. The quantitative estimate of drug-likeness (QED) is 0.814. The van der Waals surface area contributed by atoms with Gasteiger partial charge in [0.25, 0.3) is 0 Å². The molecule has 1 aliphatic heterocycles. The molecular weight excluding hydrogens is 268 g/mol. The van der Waals surface area contributed by atoms with Crippen molar-refractivity contribution in [3.8, 4) is 0 Å². The Morgan fingerprint density at radius 1 is 1.20 bits per heavy atom. The largest absolute Gasteiger partial charge is 0.392 e. The molecule has 2 aliphatic carbocycles. The SMILES string of the molecule is CC1CC(C(=O)N2CCCC2C2CCCC2)(C(N)=S)C1. The normalized spacial score (nSPS) is 38.0. The highest BCUT2D eigenvalue weighted by molar-refractivity contribution is 7.80. The maximum Gasteiger partial charge on any atom is 0.235 e. The lowest BCUT2D eigenvalue weighted by atomic mass is 9.61. The highest BCUT2D eigenvalue weighted by Crippen LogP contribution is 2.49. The van der Waals surface area contributed by atoms with Gasteiger partial charge in [0.15, 0.2) is 0 Å². The lowest BCUT2D eigenvalue weighted by Crippen LogP contribution is -2.58. The van der Waals surface area contributed by atoms with E-state index >= 15 is 0 Å². The zero-order valence-corrected chi connectivity index (χ0v) is 13.3. The van der Waals surface area contributed by atoms with Gasteiger partial charge in [0.1, 0.15) is 0 Å². The molecule has 1 heterocycles. The van der Waals surface area contributed by atoms with Crippen LogP contribution in [0.4, 0.5) is 0 Å². The summed E-state index contributed by atoms with van der Waals surface area (Å²) in [6.45, 7) is 3.10. The molecule has 2 N–H and O–H groups in total. The Balaban J connectivity index is 1.76. The van der Waals surface area contributed by atoms with E-state index in [4.69, 9.17) is 18.0 Å². The summed E-state index contributed by atoms with van der Waals surface area (Å²) in [5.41, 5.74) is 5.44. The highest BCUT2D eigenvalue weighted by atomic mass is 32.1. The zero-order chi connectivity index (χ0) is 14.3. The molecule has 0 aromatic carbocycles. The molecule has 112 valence electrons. The summed E-state index contributed by atoms with van der Waals surface area (Å²) in [5, 5.41) is 0. The van der Waals surface area contributed by atoms with E-state index in [1.807, 2.05) is 0 Å². The molecule has 0 radical (unpaired) electrons. The second kappa shape index (κ2) is 5.28. The molecule has 3 rings (SSSR count). The van der Waals surface area contributed by atoms with Crippen molar-refractivity contribution in [2.45, 2.75) is 64.3 Å². The van der Waals surface area contributed by atoms with Gasteiger partial charge >= 0.3 is 0 Å². The predicted octanol–water partition coefficient (Wildman–Crippen LogP) is 2.87. The van der Waals surface area contributed by atoms with Crippen molar-refractivity contribution in [1.29, 1.82) is 0 Å². The number of carbonyl (C=O) groups excluding carboxylic acids is 1.